The third kappa shape index (κ3) is 4.69. The van der Waals surface area contributed by atoms with Crippen molar-refractivity contribution in [1.29, 1.82) is 0 Å². The molecule has 0 fully saturated rings. The largest absolute Gasteiger partial charge is 0.495 e. The molecule has 2 aromatic carbocycles. The van der Waals surface area contributed by atoms with Gasteiger partial charge in [0, 0.05) is 11.8 Å². The van der Waals surface area contributed by atoms with E-state index < -0.39 is 33.6 Å². The number of benzene rings is 2. The lowest BCUT2D eigenvalue weighted by Crippen LogP contribution is -2.41. The summed E-state index contributed by atoms with van der Waals surface area (Å²) in [5.41, 5.74) is -0.00700. The van der Waals surface area contributed by atoms with Gasteiger partial charge in [0.1, 0.15) is 5.75 Å². The molecular weight excluding hydrogens is 390 g/mol. The minimum atomic E-state index is -4.04. The highest BCUT2D eigenvalue weighted by Crippen LogP contribution is 2.27. The van der Waals surface area contributed by atoms with Crippen LogP contribution in [0.4, 0.5) is 14.5 Å². The molecule has 140 valence electrons. The first kappa shape index (κ1) is 20.1. The number of rotatable bonds is 6. The standard InChI is InChI=1S/C16H15ClF2N2O4S/c1-9(16(22)20-10-3-5-13(18)14(19)7-10)21-26(23,24)11-4-6-15(25-2)12(17)8-11/h3-9,21H,1-2H3,(H,20,22)/t9-/m1/s1. The molecular formula is C16H15ClF2N2O4S. The van der Waals surface area contributed by atoms with Gasteiger partial charge in [0.05, 0.1) is 23.1 Å². The van der Waals surface area contributed by atoms with E-state index in [1.807, 2.05) is 0 Å². The molecule has 0 unspecified atom stereocenters. The van der Waals surface area contributed by atoms with Gasteiger partial charge in [-0.2, -0.15) is 4.72 Å². The molecule has 0 saturated heterocycles. The van der Waals surface area contributed by atoms with E-state index in [9.17, 15) is 22.0 Å². The molecule has 26 heavy (non-hydrogen) atoms. The topological polar surface area (TPSA) is 84.5 Å². The summed E-state index contributed by atoms with van der Waals surface area (Å²) in [6.07, 6.45) is 0. The zero-order valence-corrected chi connectivity index (χ0v) is 15.3. The van der Waals surface area contributed by atoms with Crippen molar-refractivity contribution in [3.8, 4) is 5.75 Å². The maximum atomic E-state index is 13.2. The van der Waals surface area contributed by atoms with E-state index >= 15 is 0 Å². The predicted octanol–water partition coefficient (Wildman–Crippen LogP) is 2.93. The van der Waals surface area contributed by atoms with Gasteiger partial charge in [-0.3, -0.25) is 4.79 Å². The quantitative estimate of drug-likeness (QED) is 0.775. The molecule has 2 N–H and O–H groups in total. The fraction of sp³-hybridized carbons (Fsp3) is 0.188. The summed E-state index contributed by atoms with van der Waals surface area (Å²) >= 11 is 5.91. The Morgan fingerprint density at radius 3 is 2.42 bits per heavy atom. The SMILES string of the molecule is COc1ccc(S(=O)(=O)N[C@H](C)C(=O)Nc2ccc(F)c(F)c2)cc1Cl. The third-order valence-electron chi connectivity index (χ3n) is 3.35. The number of amides is 1. The molecule has 2 aromatic rings. The average molecular weight is 405 g/mol. The van der Waals surface area contributed by atoms with Gasteiger partial charge >= 0.3 is 0 Å². The molecule has 0 spiro atoms. The normalized spacial score (nSPS) is 12.5. The van der Waals surface area contributed by atoms with Gasteiger partial charge < -0.3 is 10.1 Å². The highest BCUT2D eigenvalue weighted by atomic mass is 35.5. The van der Waals surface area contributed by atoms with Gasteiger partial charge in [-0.15, -0.1) is 0 Å². The second-order valence-electron chi connectivity index (χ2n) is 5.26. The summed E-state index contributed by atoms with van der Waals surface area (Å²) in [7, 11) is -2.66. The molecule has 0 aliphatic carbocycles. The first-order valence-electron chi connectivity index (χ1n) is 7.26. The van der Waals surface area contributed by atoms with Crippen molar-refractivity contribution in [1.82, 2.24) is 4.72 Å². The van der Waals surface area contributed by atoms with Crippen molar-refractivity contribution in [2.24, 2.45) is 0 Å². The number of anilines is 1. The van der Waals surface area contributed by atoms with Crippen molar-refractivity contribution in [2.75, 3.05) is 12.4 Å². The van der Waals surface area contributed by atoms with E-state index in [-0.39, 0.29) is 15.6 Å². The van der Waals surface area contributed by atoms with Gasteiger partial charge in [-0.1, -0.05) is 11.6 Å². The molecule has 2 rings (SSSR count). The summed E-state index contributed by atoms with van der Waals surface area (Å²) in [5, 5.41) is 2.39. The number of sulfonamides is 1. The molecule has 0 heterocycles. The van der Waals surface area contributed by atoms with Gasteiger partial charge in [0.15, 0.2) is 11.6 Å². The Balaban J connectivity index is 2.11. The van der Waals surface area contributed by atoms with E-state index in [0.29, 0.717) is 5.75 Å². The predicted molar refractivity (Wildman–Crippen MR) is 92.8 cm³/mol. The number of nitrogens with one attached hydrogen (secondary N) is 2. The Hall–Kier alpha value is -2.23. The molecule has 0 aromatic heterocycles. The number of halogens is 3. The second-order valence-corrected chi connectivity index (χ2v) is 7.38. The highest BCUT2D eigenvalue weighted by molar-refractivity contribution is 7.89. The minimum absolute atomic E-state index is 0.00700. The maximum absolute atomic E-state index is 13.2. The van der Waals surface area contributed by atoms with E-state index in [4.69, 9.17) is 16.3 Å². The summed E-state index contributed by atoms with van der Waals surface area (Å²) in [4.78, 5) is 11.9. The minimum Gasteiger partial charge on any atom is -0.495 e. The molecule has 0 radical (unpaired) electrons. The Kier molecular flexibility index (Phi) is 6.17. The highest BCUT2D eigenvalue weighted by Gasteiger charge is 2.23. The molecule has 6 nitrogen and oxygen atoms in total. The van der Waals surface area contributed by atoms with Crippen molar-refractivity contribution in [3.63, 3.8) is 0 Å². The van der Waals surface area contributed by atoms with Gasteiger partial charge in [-0.25, -0.2) is 17.2 Å². The van der Waals surface area contributed by atoms with E-state index in [0.717, 1.165) is 18.2 Å². The van der Waals surface area contributed by atoms with Crippen LogP contribution in [0.2, 0.25) is 5.02 Å². The number of methoxy groups -OCH3 is 1. The number of ether oxygens (including phenoxy) is 1. The summed E-state index contributed by atoms with van der Waals surface area (Å²) in [5.74, 6) is -2.65. The maximum Gasteiger partial charge on any atom is 0.242 e. The van der Waals surface area contributed by atoms with Crippen LogP contribution in [0.25, 0.3) is 0 Å². The summed E-state index contributed by atoms with van der Waals surface area (Å²) < 4.78 is 57.9. The van der Waals surface area contributed by atoms with Gasteiger partial charge in [-0.05, 0) is 37.3 Å². The monoisotopic (exact) mass is 404 g/mol. The van der Waals surface area contributed by atoms with Crippen LogP contribution >= 0.6 is 11.6 Å². The number of hydrogen-bond acceptors (Lipinski definition) is 4. The molecule has 0 bridgehead atoms. The molecule has 1 amide bonds. The molecule has 0 aliphatic rings. The number of carbonyl (C=O) groups excluding carboxylic acids is 1. The van der Waals surface area contributed by atoms with E-state index in [1.54, 1.807) is 0 Å². The number of hydrogen-bond donors (Lipinski definition) is 2. The van der Waals surface area contributed by atoms with Crippen molar-refractivity contribution < 1.29 is 26.7 Å². The lowest BCUT2D eigenvalue weighted by Gasteiger charge is -2.15. The first-order chi connectivity index (χ1) is 12.1. The molecule has 1 atom stereocenters. The summed E-state index contributed by atoms with van der Waals surface area (Å²) in [6, 6.07) is 5.44. The Labute approximate surface area is 154 Å². The Bertz CT molecular complexity index is 938. The number of carbonyl (C=O) groups is 1. The Morgan fingerprint density at radius 2 is 1.85 bits per heavy atom. The molecule has 10 heteroatoms. The lowest BCUT2D eigenvalue weighted by atomic mass is 10.2. The van der Waals surface area contributed by atoms with Crippen LogP contribution in [0.15, 0.2) is 41.3 Å². The van der Waals surface area contributed by atoms with Gasteiger partial charge in [0.2, 0.25) is 15.9 Å². The zero-order chi connectivity index (χ0) is 19.5. The third-order valence-corrected chi connectivity index (χ3v) is 5.18. The average Bonchev–Trinajstić information content (AvgIpc) is 2.57. The molecule has 0 saturated carbocycles. The van der Waals surface area contributed by atoms with Crippen molar-refractivity contribution in [3.05, 3.63) is 53.1 Å². The van der Waals surface area contributed by atoms with Crippen LogP contribution < -0.4 is 14.8 Å². The van der Waals surface area contributed by atoms with Crippen LogP contribution in [0, 0.1) is 11.6 Å². The Morgan fingerprint density at radius 1 is 1.15 bits per heavy atom. The van der Waals surface area contributed by atoms with E-state index in [1.165, 1.54) is 32.2 Å². The fourth-order valence-electron chi connectivity index (χ4n) is 1.99. The van der Waals surface area contributed by atoms with E-state index in [2.05, 4.69) is 10.0 Å². The van der Waals surface area contributed by atoms with Crippen LogP contribution in [-0.4, -0.2) is 27.5 Å². The van der Waals surface area contributed by atoms with Crippen LogP contribution in [0.3, 0.4) is 0 Å². The summed E-state index contributed by atoms with van der Waals surface area (Å²) in [6.45, 7) is 1.30. The first-order valence-corrected chi connectivity index (χ1v) is 9.12. The second kappa shape index (κ2) is 7.98. The fourth-order valence-corrected chi connectivity index (χ4v) is 3.54. The van der Waals surface area contributed by atoms with Crippen molar-refractivity contribution in [2.45, 2.75) is 17.9 Å². The smallest absolute Gasteiger partial charge is 0.242 e. The van der Waals surface area contributed by atoms with Crippen LogP contribution in [0.1, 0.15) is 6.92 Å². The van der Waals surface area contributed by atoms with Crippen LogP contribution in [-0.2, 0) is 14.8 Å². The zero-order valence-electron chi connectivity index (χ0n) is 13.7. The van der Waals surface area contributed by atoms with Crippen LogP contribution in [0.5, 0.6) is 5.75 Å². The van der Waals surface area contributed by atoms with Gasteiger partial charge in [0.25, 0.3) is 0 Å². The lowest BCUT2D eigenvalue weighted by molar-refractivity contribution is -0.117. The van der Waals surface area contributed by atoms with Crippen molar-refractivity contribution >= 4 is 33.2 Å². The molecule has 0 aliphatic heterocycles.